The van der Waals surface area contributed by atoms with Gasteiger partial charge in [-0.3, -0.25) is 0 Å². The van der Waals surface area contributed by atoms with Crippen LogP contribution >= 0.6 is 0 Å². The molecule has 1 aliphatic carbocycles. The van der Waals surface area contributed by atoms with Crippen LogP contribution in [0.3, 0.4) is 0 Å². The molecule has 1 rings (SSSR count). The monoisotopic (exact) mass is 166 g/mol. The van der Waals surface area contributed by atoms with Crippen LogP contribution in [0.25, 0.3) is 0 Å². The lowest BCUT2D eigenvalue weighted by Crippen LogP contribution is -2.14. The zero-order valence-corrected chi connectivity index (χ0v) is 8.05. The molecular formula is C11H18O. The summed E-state index contributed by atoms with van der Waals surface area (Å²) in [7, 11) is 0. The summed E-state index contributed by atoms with van der Waals surface area (Å²) in [5, 5.41) is 0. The van der Waals surface area contributed by atoms with Gasteiger partial charge in [0.05, 0.1) is 0 Å². The Morgan fingerprint density at radius 2 is 2.50 bits per heavy atom. The molecule has 0 saturated heterocycles. The normalized spacial score (nSPS) is 26.2. The lowest BCUT2D eigenvalue weighted by molar-refractivity contribution is -0.108. The summed E-state index contributed by atoms with van der Waals surface area (Å²) in [5.74, 6) is 1.32. The highest BCUT2D eigenvalue weighted by molar-refractivity contribution is 5.49. The van der Waals surface area contributed by atoms with Crippen LogP contribution in [0.15, 0.2) is 11.6 Å². The van der Waals surface area contributed by atoms with Crippen LogP contribution in [0.1, 0.15) is 39.5 Å². The van der Waals surface area contributed by atoms with Crippen molar-refractivity contribution in [1.29, 1.82) is 0 Å². The Kier molecular flexibility index (Phi) is 3.51. The van der Waals surface area contributed by atoms with Gasteiger partial charge in [-0.25, -0.2) is 0 Å². The number of hydrogen-bond acceptors (Lipinski definition) is 1. The minimum absolute atomic E-state index is 0.576. The molecule has 0 saturated carbocycles. The summed E-state index contributed by atoms with van der Waals surface area (Å²) in [6, 6.07) is 0. The quantitative estimate of drug-likeness (QED) is 0.465. The Hall–Kier alpha value is -0.590. The highest BCUT2D eigenvalue weighted by Gasteiger charge is 2.18. The third kappa shape index (κ3) is 2.47. The number of carbonyl (C=O) groups is 1. The van der Waals surface area contributed by atoms with E-state index in [1.54, 1.807) is 0 Å². The molecule has 68 valence electrons. The van der Waals surface area contributed by atoms with E-state index in [1.807, 2.05) is 0 Å². The van der Waals surface area contributed by atoms with Gasteiger partial charge in [0, 0.05) is 6.42 Å². The highest BCUT2D eigenvalue weighted by atomic mass is 16.1. The molecule has 1 heteroatoms. The Morgan fingerprint density at radius 3 is 3.00 bits per heavy atom. The predicted octanol–water partition coefficient (Wildman–Crippen LogP) is 2.96. The van der Waals surface area contributed by atoms with Crippen molar-refractivity contribution in [3.63, 3.8) is 0 Å². The Labute approximate surface area is 74.9 Å². The van der Waals surface area contributed by atoms with Gasteiger partial charge in [-0.15, -0.1) is 0 Å². The molecule has 1 nitrogen and oxygen atoms in total. The van der Waals surface area contributed by atoms with Gasteiger partial charge in [-0.2, -0.15) is 0 Å². The van der Waals surface area contributed by atoms with E-state index in [0.29, 0.717) is 5.92 Å². The maximum absolute atomic E-state index is 10.3. The standard InChI is InChI=1S/C11H18O/c1-9-3-5-11(6-4-9)10(2)7-8-12/h3,8,10-11H,4-7H2,1-2H3/t10-,11+/m0/s1. The van der Waals surface area contributed by atoms with Crippen molar-refractivity contribution < 1.29 is 4.79 Å². The average molecular weight is 166 g/mol. The van der Waals surface area contributed by atoms with Crippen molar-refractivity contribution >= 4 is 6.29 Å². The maximum Gasteiger partial charge on any atom is 0.120 e. The van der Waals surface area contributed by atoms with Crippen LogP contribution in [-0.4, -0.2) is 6.29 Å². The molecule has 0 aromatic rings. The lowest BCUT2D eigenvalue weighted by atomic mass is 9.81. The first-order valence-corrected chi connectivity index (χ1v) is 4.83. The molecule has 0 radical (unpaired) electrons. The summed E-state index contributed by atoms with van der Waals surface area (Å²) in [6.45, 7) is 4.38. The average Bonchev–Trinajstić information content (AvgIpc) is 2.06. The van der Waals surface area contributed by atoms with Crippen LogP contribution in [0, 0.1) is 11.8 Å². The molecule has 2 atom stereocenters. The second kappa shape index (κ2) is 4.44. The van der Waals surface area contributed by atoms with Crippen LogP contribution in [0.2, 0.25) is 0 Å². The molecular weight excluding hydrogens is 148 g/mol. The molecule has 0 spiro atoms. The minimum atomic E-state index is 0.576. The first-order valence-electron chi connectivity index (χ1n) is 4.83. The number of carbonyl (C=O) groups excluding carboxylic acids is 1. The van der Waals surface area contributed by atoms with Crippen molar-refractivity contribution in [3.8, 4) is 0 Å². The van der Waals surface area contributed by atoms with Gasteiger partial charge >= 0.3 is 0 Å². The zero-order chi connectivity index (χ0) is 8.97. The van der Waals surface area contributed by atoms with E-state index >= 15 is 0 Å². The molecule has 0 heterocycles. The summed E-state index contributed by atoms with van der Waals surface area (Å²) < 4.78 is 0. The zero-order valence-electron chi connectivity index (χ0n) is 8.05. The van der Waals surface area contributed by atoms with Gasteiger partial charge in [-0.1, -0.05) is 18.6 Å². The summed E-state index contributed by atoms with van der Waals surface area (Å²) >= 11 is 0. The van der Waals surface area contributed by atoms with E-state index in [4.69, 9.17) is 0 Å². The summed E-state index contributed by atoms with van der Waals surface area (Å²) in [6.07, 6.45) is 7.80. The summed E-state index contributed by atoms with van der Waals surface area (Å²) in [5.41, 5.74) is 1.52. The highest BCUT2D eigenvalue weighted by Crippen LogP contribution is 2.30. The van der Waals surface area contributed by atoms with Crippen molar-refractivity contribution in [1.82, 2.24) is 0 Å². The fourth-order valence-corrected chi connectivity index (χ4v) is 1.85. The molecule has 0 bridgehead atoms. The third-order valence-electron chi connectivity index (χ3n) is 2.95. The minimum Gasteiger partial charge on any atom is -0.303 e. The molecule has 0 fully saturated rings. The fourth-order valence-electron chi connectivity index (χ4n) is 1.85. The molecule has 0 unspecified atom stereocenters. The van der Waals surface area contributed by atoms with Crippen molar-refractivity contribution in [2.45, 2.75) is 39.5 Å². The fraction of sp³-hybridized carbons (Fsp3) is 0.727. The molecule has 0 N–H and O–H groups in total. The van der Waals surface area contributed by atoms with Crippen LogP contribution < -0.4 is 0 Å². The smallest absolute Gasteiger partial charge is 0.120 e. The molecule has 0 aromatic carbocycles. The van der Waals surface area contributed by atoms with E-state index in [2.05, 4.69) is 19.9 Å². The van der Waals surface area contributed by atoms with Gasteiger partial charge in [0.15, 0.2) is 0 Å². The van der Waals surface area contributed by atoms with Gasteiger partial charge < -0.3 is 4.79 Å². The molecule has 0 aliphatic heterocycles. The van der Waals surface area contributed by atoms with E-state index in [-0.39, 0.29) is 0 Å². The number of hydrogen-bond donors (Lipinski definition) is 0. The predicted molar refractivity (Wildman–Crippen MR) is 50.9 cm³/mol. The van der Waals surface area contributed by atoms with Crippen LogP contribution in [0.4, 0.5) is 0 Å². The molecule has 0 amide bonds. The number of aldehydes is 1. The van der Waals surface area contributed by atoms with Gasteiger partial charge in [-0.05, 0) is 38.0 Å². The van der Waals surface area contributed by atoms with Crippen LogP contribution in [-0.2, 0) is 4.79 Å². The van der Waals surface area contributed by atoms with Gasteiger partial charge in [0.1, 0.15) is 6.29 Å². The number of rotatable bonds is 3. The van der Waals surface area contributed by atoms with Crippen molar-refractivity contribution in [3.05, 3.63) is 11.6 Å². The third-order valence-corrected chi connectivity index (χ3v) is 2.95. The Morgan fingerprint density at radius 1 is 1.75 bits per heavy atom. The van der Waals surface area contributed by atoms with Crippen molar-refractivity contribution in [2.75, 3.05) is 0 Å². The lowest BCUT2D eigenvalue weighted by Gasteiger charge is -2.25. The van der Waals surface area contributed by atoms with Gasteiger partial charge in [0.2, 0.25) is 0 Å². The summed E-state index contributed by atoms with van der Waals surface area (Å²) in [4.78, 5) is 10.3. The van der Waals surface area contributed by atoms with Crippen LogP contribution in [0.5, 0.6) is 0 Å². The molecule has 12 heavy (non-hydrogen) atoms. The van der Waals surface area contributed by atoms with E-state index in [1.165, 1.54) is 24.8 Å². The largest absolute Gasteiger partial charge is 0.303 e. The van der Waals surface area contributed by atoms with E-state index in [0.717, 1.165) is 18.6 Å². The van der Waals surface area contributed by atoms with Gasteiger partial charge in [0.25, 0.3) is 0 Å². The number of allylic oxidation sites excluding steroid dienone is 2. The first kappa shape index (κ1) is 9.50. The Bertz CT molecular complexity index is 181. The second-order valence-electron chi connectivity index (χ2n) is 3.96. The Balaban J connectivity index is 2.39. The van der Waals surface area contributed by atoms with E-state index < -0.39 is 0 Å². The molecule has 0 aromatic heterocycles. The van der Waals surface area contributed by atoms with Crippen molar-refractivity contribution in [2.24, 2.45) is 11.8 Å². The van der Waals surface area contributed by atoms with E-state index in [9.17, 15) is 4.79 Å². The maximum atomic E-state index is 10.3. The SMILES string of the molecule is CC1=CC[C@@H]([C@@H](C)CC=O)CC1. The molecule has 1 aliphatic rings. The topological polar surface area (TPSA) is 17.1 Å². The second-order valence-corrected chi connectivity index (χ2v) is 3.96. The first-order chi connectivity index (χ1) is 5.74.